The number of aliphatic hydroxyl groups is 1. The van der Waals surface area contributed by atoms with Crippen molar-refractivity contribution < 1.29 is 9.90 Å². The van der Waals surface area contributed by atoms with Gasteiger partial charge in [-0.05, 0) is 30.5 Å². The van der Waals surface area contributed by atoms with Crippen LogP contribution >= 0.6 is 0 Å². The SMILES string of the molecule is Cc1ccccc1[C@]1(O)CCN(C(=O)c2cn3cccnc3n2)C1. The third-order valence-corrected chi connectivity index (χ3v) is 4.64. The number of fused-ring (bicyclic) bond motifs is 1. The summed E-state index contributed by atoms with van der Waals surface area (Å²) in [6, 6.07) is 9.56. The Labute approximate surface area is 139 Å². The molecule has 122 valence electrons. The first kappa shape index (κ1) is 14.8. The van der Waals surface area contributed by atoms with Crippen molar-refractivity contribution in [2.45, 2.75) is 18.9 Å². The van der Waals surface area contributed by atoms with Gasteiger partial charge in [-0.1, -0.05) is 24.3 Å². The van der Waals surface area contributed by atoms with E-state index >= 15 is 0 Å². The fraction of sp³-hybridized carbons (Fsp3) is 0.278. The van der Waals surface area contributed by atoms with Gasteiger partial charge >= 0.3 is 0 Å². The maximum absolute atomic E-state index is 12.7. The first-order chi connectivity index (χ1) is 11.6. The number of aryl methyl sites for hydroxylation is 1. The van der Waals surface area contributed by atoms with E-state index in [-0.39, 0.29) is 12.5 Å². The molecule has 0 spiro atoms. The monoisotopic (exact) mass is 322 g/mol. The molecule has 0 aliphatic carbocycles. The summed E-state index contributed by atoms with van der Waals surface area (Å²) in [4.78, 5) is 22.8. The molecule has 3 aromatic rings. The van der Waals surface area contributed by atoms with Crippen molar-refractivity contribution >= 4 is 11.7 Å². The molecule has 24 heavy (non-hydrogen) atoms. The van der Waals surface area contributed by atoms with E-state index in [9.17, 15) is 9.90 Å². The quantitative estimate of drug-likeness (QED) is 0.780. The Morgan fingerprint density at radius 1 is 1.29 bits per heavy atom. The molecule has 0 unspecified atom stereocenters. The van der Waals surface area contributed by atoms with Gasteiger partial charge in [0, 0.05) is 25.1 Å². The van der Waals surface area contributed by atoms with Crippen molar-refractivity contribution in [3.63, 3.8) is 0 Å². The minimum absolute atomic E-state index is 0.176. The van der Waals surface area contributed by atoms with Crippen molar-refractivity contribution in [2.24, 2.45) is 0 Å². The molecule has 1 aliphatic heterocycles. The summed E-state index contributed by atoms with van der Waals surface area (Å²) < 4.78 is 1.72. The van der Waals surface area contributed by atoms with E-state index in [0.29, 0.717) is 24.4 Å². The number of benzene rings is 1. The number of nitrogens with zero attached hydrogens (tertiary/aromatic N) is 4. The number of hydrogen-bond acceptors (Lipinski definition) is 4. The second kappa shape index (κ2) is 5.42. The van der Waals surface area contributed by atoms with Gasteiger partial charge in [0.25, 0.3) is 5.91 Å². The molecule has 1 saturated heterocycles. The van der Waals surface area contributed by atoms with Crippen LogP contribution in [0.15, 0.2) is 48.9 Å². The summed E-state index contributed by atoms with van der Waals surface area (Å²) in [6.07, 6.45) is 5.65. The zero-order valence-electron chi connectivity index (χ0n) is 13.4. The lowest BCUT2D eigenvalue weighted by Gasteiger charge is -2.25. The van der Waals surface area contributed by atoms with Gasteiger partial charge in [0.1, 0.15) is 11.3 Å². The zero-order valence-corrected chi connectivity index (χ0v) is 13.4. The second-order valence-corrected chi connectivity index (χ2v) is 6.28. The maximum Gasteiger partial charge on any atom is 0.274 e. The number of likely N-dealkylation sites (tertiary alicyclic amines) is 1. The average molecular weight is 322 g/mol. The van der Waals surface area contributed by atoms with Gasteiger partial charge in [-0.3, -0.25) is 9.20 Å². The molecule has 3 heterocycles. The molecule has 1 amide bonds. The third kappa shape index (κ3) is 2.35. The Morgan fingerprint density at radius 3 is 2.92 bits per heavy atom. The first-order valence-electron chi connectivity index (χ1n) is 7.94. The highest BCUT2D eigenvalue weighted by atomic mass is 16.3. The summed E-state index contributed by atoms with van der Waals surface area (Å²) in [5.74, 6) is 0.319. The summed E-state index contributed by atoms with van der Waals surface area (Å²) in [7, 11) is 0. The summed E-state index contributed by atoms with van der Waals surface area (Å²) >= 11 is 0. The molecule has 4 rings (SSSR count). The standard InChI is InChI=1S/C18H18N4O2/c1-13-5-2-3-6-14(13)18(24)7-10-22(12-18)16(23)15-11-21-9-4-8-19-17(21)20-15/h2-6,8-9,11,24H,7,10,12H2,1H3/t18-/m0/s1. The second-order valence-electron chi connectivity index (χ2n) is 6.28. The van der Waals surface area contributed by atoms with Crippen LogP contribution in [0.5, 0.6) is 0 Å². The zero-order chi connectivity index (χ0) is 16.7. The predicted molar refractivity (Wildman–Crippen MR) is 88.6 cm³/mol. The van der Waals surface area contributed by atoms with Gasteiger partial charge in [-0.2, -0.15) is 0 Å². The molecule has 1 fully saturated rings. The topological polar surface area (TPSA) is 70.7 Å². The smallest absolute Gasteiger partial charge is 0.274 e. The molecular weight excluding hydrogens is 304 g/mol. The number of carbonyl (C=O) groups is 1. The minimum Gasteiger partial charge on any atom is -0.383 e. The van der Waals surface area contributed by atoms with E-state index in [1.54, 1.807) is 34.0 Å². The van der Waals surface area contributed by atoms with E-state index < -0.39 is 5.60 Å². The molecule has 0 radical (unpaired) electrons. The van der Waals surface area contributed by atoms with Crippen LogP contribution in [0.25, 0.3) is 5.78 Å². The van der Waals surface area contributed by atoms with E-state index in [0.717, 1.165) is 11.1 Å². The van der Waals surface area contributed by atoms with Crippen LogP contribution in [0.2, 0.25) is 0 Å². The van der Waals surface area contributed by atoms with E-state index in [4.69, 9.17) is 0 Å². The largest absolute Gasteiger partial charge is 0.383 e. The number of rotatable bonds is 2. The normalized spacial score (nSPS) is 20.7. The summed E-state index contributed by atoms with van der Waals surface area (Å²) in [6.45, 7) is 2.76. The Morgan fingerprint density at radius 2 is 2.12 bits per heavy atom. The first-order valence-corrected chi connectivity index (χ1v) is 7.94. The van der Waals surface area contributed by atoms with Gasteiger partial charge in [0.2, 0.25) is 5.78 Å². The predicted octanol–water partition coefficient (Wildman–Crippen LogP) is 1.77. The number of hydrogen-bond donors (Lipinski definition) is 1. The highest BCUT2D eigenvalue weighted by Crippen LogP contribution is 2.34. The highest BCUT2D eigenvalue weighted by Gasteiger charge is 2.41. The fourth-order valence-electron chi connectivity index (χ4n) is 3.38. The summed E-state index contributed by atoms with van der Waals surface area (Å²) in [5.41, 5.74) is 1.27. The molecule has 0 bridgehead atoms. The van der Waals surface area contributed by atoms with Gasteiger partial charge in [-0.15, -0.1) is 0 Å². The lowest BCUT2D eigenvalue weighted by Crippen LogP contribution is -2.35. The van der Waals surface area contributed by atoms with Crippen LogP contribution in [0, 0.1) is 6.92 Å². The molecule has 0 saturated carbocycles. The molecule has 1 atom stereocenters. The molecule has 2 aromatic heterocycles. The number of amides is 1. The number of imidazole rings is 1. The Bertz CT molecular complexity index is 887. The molecule has 6 nitrogen and oxygen atoms in total. The van der Waals surface area contributed by atoms with Gasteiger partial charge in [-0.25, -0.2) is 9.97 Å². The van der Waals surface area contributed by atoms with Crippen LogP contribution < -0.4 is 0 Å². The highest BCUT2D eigenvalue weighted by molar-refractivity contribution is 5.93. The van der Waals surface area contributed by atoms with E-state index in [1.807, 2.05) is 31.2 Å². The number of carbonyl (C=O) groups excluding carboxylic acids is 1. The van der Waals surface area contributed by atoms with Crippen molar-refractivity contribution in [3.05, 3.63) is 65.7 Å². The minimum atomic E-state index is -1.00. The summed E-state index contributed by atoms with van der Waals surface area (Å²) in [5, 5.41) is 11.0. The van der Waals surface area contributed by atoms with Crippen molar-refractivity contribution in [3.8, 4) is 0 Å². The Kier molecular flexibility index (Phi) is 3.35. The molecule has 1 aliphatic rings. The number of aromatic nitrogens is 3. The number of β-amino-alcohol motifs (C(OH)–C–C–N with tert-alkyl or cyclic N) is 1. The van der Waals surface area contributed by atoms with Crippen molar-refractivity contribution in [1.82, 2.24) is 19.3 Å². The average Bonchev–Trinajstić information content (AvgIpc) is 3.19. The van der Waals surface area contributed by atoms with Crippen molar-refractivity contribution in [2.75, 3.05) is 13.1 Å². The van der Waals surface area contributed by atoms with Gasteiger partial charge in [0.05, 0.1) is 6.54 Å². The molecular formula is C18H18N4O2. The molecule has 1 aromatic carbocycles. The van der Waals surface area contributed by atoms with E-state index in [1.165, 1.54) is 0 Å². The van der Waals surface area contributed by atoms with E-state index in [2.05, 4.69) is 9.97 Å². The lowest BCUT2D eigenvalue weighted by molar-refractivity contribution is 0.0411. The fourth-order valence-corrected chi connectivity index (χ4v) is 3.38. The molecule has 6 heteroatoms. The lowest BCUT2D eigenvalue weighted by atomic mass is 9.89. The van der Waals surface area contributed by atoms with Crippen LogP contribution in [0.3, 0.4) is 0 Å². The van der Waals surface area contributed by atoms with Crippen molar-refractivity contribution in [1.29, 1.82) is 0 Å². The third-order valence-electron chi connectivity index (χ3n) is 4.64. The Hall–Kier alpha value is -2.73. The van der Waals surface area contributed by atoms with Crippen LogP contribution in [-0.2, 0) is 5.60 Å². The Balaban J connectivity index is 1.60. The van der Waals surface area contributed by atoms with Crippen LogP contribution in [-0.4, -0.2) is 43.4 Å². The van der Waals surface area contributed by atoms with Crippen LogP contribution in [0.1, 0.15) is 28.0 Å². The van der Waals surface area contributed by atoms with Gasteiger partial charge in [0.15, 0.2) is 0 Å². The van der Waals surface area contributed by atoms with Gasteiger partial charge < -0.3 is 10.0 Å². The molecule has 1 N–H and O–H groups in total. The maximum atomic E-state index is 12.7. The van der Waals surface area contributed by atoms with Crippen LogP contribution in [0.4, 0.5) is 0 Å².